The molecule has 0 aliphatic carbocycles. The number of pyridine rings is 2. The van der Waals surface area contributed by atoms with Crippen LogP contribution in [-0.4, -0.2) is 20.9 Å². The molecule has 6 aromatic rings. The first-order valence-electron chi connectivity index (χ1n) is 17.2. The van der Waals surface area contributed by atoms with Crippen molar-refractivity contribution in [1.82, 2.24) is 9.97 Å². The van der Waals surface area contributed by atoms with Crippen molar-refractivity contribution in [2.24, 2.45) is 10.8 Å². The Hall–Kier alpha value is -4.18. The van der Waals surface area contributed by atoms with E-state index >= 15 is 0 Å². The number of aliphatic hydroxyl groups excluding tert-OH is 1. The Labute approximate surface area is 311 Å². The van der Waals surface area contributed by atoms with Gasteiger partial charge in [0, 0.05) is 60.4 Å². The summed E-state index contributed by atoms with van der Waals surface area (Å²) in [4.78, 5) is 21.1. The maximum atomic E-state index is 11.5. The summed E-state index contributed by atoms with van der Waals surface area (Å²) >= 11 is 0. The molecule has 50 heavy (non-hydrogen) atoms. The van der Waals surface area contributed by atoms with Crippen LogP contribution in [0.2, 0.25) is 0 Å². The van der Waals surface area contributed by atoms with Crippen LogP contribution in [0.1, 0.15) is 92.2 Å². The number of ketones is 1. The van der Waals surface area contributed by atoms with Crippen molar-refractivity contribution in [3.8, 4) is 22.5 Å². The number of nitrogens with zero attached hydrogens (tertiary/aromatic N) is 2. The van der Waals surface area contributed by atoms with Crippen LogP contribution in [0.3, 0.4) is 0 Å². The Morgan fingerprint density at radius 3 is 2.00 bits per heavy atom. The first kappa shape index (κ1) is 38.6. The molecule has 1 radical (unpaired) electrons. The first-order valence-corrected chi connectivity index (χ1v) is 17.2. The topological polar surface area (TPSA) is 63.1 Å². The minimum absolute atomic E-state index is 0. The third-order valence-corrected chi connectivity index (χ3v) is 8.94. The number of benzene rings is 4. The molecule has 0 saturated carbocycles. The van der Waals surface area contributed by atoms with Gasteiger partial charge in [0.2, 0.25) is 0 Å². The molecule has 0 amide bonds. The van der Waals surface area contributed by atoms with Crippen LogP contribution < -0.4 is 0 Å². The molecular formula is C45H49IrN2O2-. The summed E-state index contributed by atoms with van der Waals surface area (Å²) in [6.45, 7) is 20.1. The van der Waals surface area contributed by atoms with E-state index in [1.54, 1.807) is 0 Å². The second-order valence-electron chi connectivity index (χ2n) is 15.6. The number of carbonyl (C=O) groups excluding carboxylic acids is 1. The van der Waals surface area contributed by atoms with Crippen LogP contribution in [-0.2, 0) is 24.9 Å². The molecule has 0 fully saturated rings. The average Bonchev–Trinajstić information content (AvgIpc) is 3.06. The minimum Gasteiger partial charge on any atom is -0.512 e. The molecule has 0 bridgehead atoms. The van der Waals surface area contributed by atoms with Gasteiger partial charge < -0.3 is 10.1 Å². The van der Waals surface area contributed by atoms with Gasteiger partial charge in [0.25, 0.3) is 0 Å². The maximum Gasteiger partial charge on any atom is 0.164 e. The Balaban J connectivity index is 0.000000345. The first-order chi connectivity index (χ1) is 23.0. The molecule has 1 N–H and O–H groups in total. The zero-order valence-electron chi connectivity index (χ0n) is 31.0. The summed E-state index contributed by atoms with van der Waals surface area (Å²) in [5.41, 5.74) is 6.03. The zero-order valence-corrected chi connectivity index (χ0v) is 33.4. The van der Waals surface area contributed by atoms with E-state index in [4.69, 9.17) is 9.97 Å². The Morgan fingerprint density at radius 1 is 0.680 bits per heavy atom. The average molecular weight is 842 g/mol. The number of aliphatic hydroxyl groups is 1. The van der Waals surface area contributed by atoms with Gasteiger partial charge in [-0.15, -0.1) is 34.9 Å². The summed E-state index contributed by atoms with van der Waals surface area (Å²) in [5.74, 6) is 0.972. The third-order valence-electron chi connectivity index (χ3n) is 8.94. The number of hydrogen-bond acceptors (Lipinski definition) is 4. The quantitative estimate of drug-likeness (QED) is 0.0813. The molecule has 0 saturated heterocycles. The SMILES string of the molecule is CC(C)(C)C(=O)/C=C(\O)C(C)(C)C.CC(C)c1[c-]c(-c2nccc3c2ccc2cc(-c4nccc5ccccc45)ccc23)cc(C(C)C)c1.[Ir]. The number of fused-ring (bicyclic) bond motifs is 4. The predicted octanol–water partition coefficient (Wildman–Crippen LogP) is 12.4. The summed E-state index contributed by atoms with van der Waals surface area (Å²) < 4.78 is 0. The van der Waals surface area contributed by atoms with Crippen LogP contribution in [0.4, 0.5) is 0 Å². The van der Waals surface area contributed by atoms with Gasteiger partial charge in [-0.1, -0.05) is 118 Å². The number of hydrogen-bond donors (Lipinski definition) is 1. The van der Waals surface area contributed by atoms with Crippen molar-refractivity contribution in [3.63, 3.8) is 0 Å². The van der Waals surface area contributed by atoms with Crippen LogP contribution in [0, 0.1) is 16.9 Å². The van der Waals surface area contributed by atoms with E-state index in [1.807, 2.05) is 53.9 Å². The van der Waals surface area contributed by atoms with Crippen LogP contribution in [0.25, 0.3) is 54.8 Å². The van der Waals surface area contributed by atoms with E-state index in [1.165, 1.54) is 44.1 Å². The predicted molar refractivity (Wildman–Crippen MR) is 207 cm³/mol. The summed E-state index contributed by atoms with van der Waals surface area (Å²) in [5, 5.41) is 16.7. The van der Waals surface area contributed by atoms with Gasteiger partial charge in [-0.25, -0.2) is 0 Å². The van der Waals surface area contributed by atoms with Crippen molar-refractivity contribution >= 4 is 38.1 Å². The van der Waals surface area contributed by atoms with Crippen LogP contribution >= 0.6 is 0 Å². The van der Waals surface area contributed by atoms with E-state index in [2.05, 4.69) is 113 Å². The molecule has 0 atom stereocenters. The molecule has 6 rings (SSSR count). The maximum absolute atomic E-state index is 11.5. The van der Waals surface area contributed by atoms with E-state index in [0.29, 0.717) is 11.8 Å². The molecule has 261 valence electrons. The smallest absolute Gasteiger partial charge is 0.164 e. The van der Waals surface area contributed by atoms with Crippen molar-refractivity contribution in [3.05, 3.63) is 120 Å². The molecule has 0 unspecified atom stereocenters. The largest absolute Gasteiger partial charge is 0.512 e. The minimum atomic E-state index is -0.417. The number of aromatic nitrogens is 2. The monoisotopic (exact) mass is 842 g/mol. The second-order valence-corrected chi connectivity index (χ2v) is 15.6. The van der Waals surface area contributed by atoms with E-state index < -0.39 is 5.41 Å². The molecule has 0 spiro atoms. The van der Waals surface area contributed by atoms with E-state index in [-0.39, 0.29) is 37.1 Å². The molecule has 0 aliphatic rings. The fourth-order valence-electron chi connectivity index (χ4n) is 5.65. The van der Waals surface area contributed by atoms with Gasteiger partial charge in [0.15, 0.2) is 5.78 Å². The summed E-state index contributed by atoms with van der Waals surface area (Å²) in [6, 6.07) is 32.0. The van der Waals surface area contributed by atoms with Crippen molar-refractivity contribution in [2.75, 3.05) is 0 Å². The summed E-state index contributed by atoms with van der Waals surface area (Å²) in [7, 11) is 0. The van der Waals surface area contributed by atoms with Gasteiger partial charge >= 0.3 is 0 Å². The van der Waals surface area contributed by atoms with Crippen LogP contribution in [0.15, 0.2) is 103 Å². The molecule has 4 nitrogen and oxygen atoms in total. The number of allylic oxidation sites excluding steroid dienone is 2. The molecule has 5 heteroatoms. The van der Waals surface area contributed by atoms with Gasteiger partial charge in [-0.05, 0) is 62.7 Å². The fourth-order valence-corrected chi connectivity index (χ4v) is 5.65. The van der Waals surface area contributed by atoms with Crippen molar-refractivity contribution in [1.29, 1.82) is 0 Å². The van der Waals surface area contributed by atoms with Crippen molar-refractivity contribution in [2.45, 2.75) is 81.1 Å². The van der Waals surface area contributed by atoms with Gasteiger partial charge in [0.1, 0.15) is 5.76 Å². The number of carbonyl (C=O) groups is 1. The number of rotatable bonds is 5. The molecule has 2 heterocycles. The fraction of sp³-hybridized carbons (Fsp3) is 0.311. The Bertz CT molecular complexity index is 2150. The van der Waals surface area contributed by atoms with Gasteiger partial charge in [-0.3, -0.25) is 9.78 Å². The molecule has 4 aromatic carbocycles. The molecular weight excluding hydrogens is 793 g/mol. The summed E-state index contributed by atoms with van der Waals surface area (Å²) in [6.07, 6.45) is 5.16. The van der Waals surface area contributed by atoms with Gasteiger partial charge in [0.05, 0.1) is 5.69 Å². The Kier molecular flexibility index (Phi) is 11.9. The molecule has 0 aliphatic heterocycles. The zero-order chi connectivity index (χ0) is 35.7. The second kappa shape index (κ2) is 15.4. The van der Waals surface area contributed by atoms with E-state index in [0.717, 1.165) is 27.9 Å². The van der Waals surface area contributed by atoms with Gasteiger partial charge in [-0.2, -0.15) is 0 Å². The third kappa shape index (κ3) is 8.57. The standard InChI is InChI=1S/C34H29N2.C11H20O2.Ir/c1-21(2)26-18-27(22(3)4)20-28(19-26)34-32-12-9-24-17-25(10-11-29(24)31(32)14-16-36-34)33-30-8-6-5-7-23(30)13-15-35-33;1-10(2,3)8(12)7-9(13)11(4,5)6;/h5-19,21-22H,1-4H3;7,12H,1-6H3;/q-1;;/b;8-7-;. The normalized spacial score (nSPS) is 12.3. The van der Waals surface area contributed by atoms with Crippen LogP contribution in [0.5, 0.6) is 0 Å². The molecule has 2 aromatic heterocycles. The Morgan fingerprint density at radius 2 is 1.34 bits per heavy atom. The van der Waals surface area contributed by atoms with Crippen molar-refractivity contribution < 1.29 is 30.0 Å². The van der Waals surface area contributed by atoms with E-state index in [9.17, 15) is 9.90 Å².